The molecular weight excluding hydrogens is 398 g/mol. The smallest absolute Gasteiger partial charge is 0.325 e. The first-order chi connectivity index (χ1) is 14.3. The minimum atomic E-state index is -0.851. The first kappa shape index (κ1) is 22.1. The largest absolute Gasteiger partial charge is 0.497 e. The van der Waals surface area contributed by atoms with Gasteiger partial charge in [0.05, 0.1) is 25.2 Å². The second-order valence-electron chi connectivity index (χ2n) is 5.76. The molecule has 0 aliphatic heterocycles. The van der Waals surface area contributed by atoms with E-state index in [4.69, 9.17) is 14.2 Å². The summed E-state index contributed by atoms with van der Waals surface area (Å²) in [5, 5.41) is 15.8. The molecule has 0 atom stereocenters. The highest BCUT2D eigenvalue weighted by atomic mass is 16.6. The van der Waals surface area contributed by atoms with Gasteiger partial charge in [-0.2, -0.15) is 0 Å². The Balaban J connectivity index is 1.82. The van der Waals surface area contributed by atoms with E-state index in [0.29, 0.717) is 11.3 Å². The van der Waals surface area contributed by atoms with Crippen LogP contribution in [-0.2, 0) is 14.3 Å². The minimum absolute atomic E-state index is 0.0744. The summed E-state index contributed by atoms with van der Waals surface area (Å²) >= 11 is 0. The zero-order chi connectivity index (χ0) is 22.1. The average molecular weight is 417 g/mol. The van der Waals surface area contributed by atoms with Gasteiger partial charge in [-0.15, -0.1) is 0 Å². The predicted molar refractivity (Wildman–Crippen MR) is 105 cm³/mol. The molecule has 0 spiro atoms. The number of nitrogens with one attached hydrogen (secondary N) is 2. The molecule has 2 rings (SSSR count). The highest BCUT2D eigenvalue weighted by molar-refractivity contribution is 5.97. The van der Waals surface area contributed by atoms with Crippen molar-refractivity contribution in [2.75, 3.05) is 32.7 Å². The quantitative estimate of drug-likeness (QED) is 0.355. The zero-order valence-electron chi connectivity index (χ0n) is 16.2. The van der Waals surface area contributed by atoms with Gasteiger partial charge >= 0.3 is 5.97 Å². The van der Waals surface area contributed by atoms with Crippen molar-refractivity contribution in [2.45, 2.75) is 0 Å². The zero-order valence-corrected chi connectivity index (χ0v) is 16.2. The highest BCUT2D eigenvalue weighted by Crippen LogP contribution is 2.28. The van der Waals surface area contributed by atoms with Crippen molar-refractivity contribution in [3.05, 3.63) is 58.1 Å². The van der Waals surface area contributed by atoms with Crippen molar-refractivity contribution in [1.29, 1.82) is 0 Å². The normalized spacial score (nSPS) is 9.93. The molecule has 11 nitrogen and oxygen atoms in total. The molecule has 2 N–H and O–H groups in total. The minimum Gasteiger partial charge on any atom is -0.497 e. The van der Waals surface area contributed by atoms with Gasteiger partial charge in [0.1, 0.15) is 23.7 Å². The Hall–Kier alpha value is -4.15. The van der Waals surface area contributed by atoms with Crippen molar-refractivity contribution in [3.63, 3.8) is 0 Å². The van der Waals surface area contributed by atoms with Crippen LogP contribution < -0.4 is 20.1 Å². The lowest BCUT2D eigenvalue weighted by Crippen LogP contribution is -2.32. The second-order valence-corrected chi connectivity index (χ2v) is 5.76. The molecule has 0 saturated heterocycles. The molecule has 0 unspecified atom stereocenters. The molecule has 2 aromatic rings. The Morgan fingerprint density at radius 3 is 2.23 bits per heavy atom. The Kier molecular flexibility index (Phi) is 7.68. The number of rotatable bonds is 9. The lowest BCUT2D eigenvalue weighted by Gasteiger charge is -2.09. The predicted octanol–water partition coefficient (Wildman–Crippen LogP) is 1.52. The summed E-state index contributed by atoms with van der Waals surface area (Å²) in [4.78, 5) is 46.1. The van der Waals surface area contributed by atoms with Crippen molar-refractivity contribution >= 4 is 29.2 Å². The Morgan fingerprint density at radius 2 is 1.63 bits per heavy atom. The van der Waals surface area contributed by atoms with Crippen LogP contribution in [0.5, 0.6) is 11.5 Å². The molecule has 0 aliphatic carbocycles. The summed E-state index contributed by atoms with van der Waals surface area (Å²) in [6.45, 7) is -1.14. The number of nitro groups is 1. The molecule has 2 amide bonds. The molecule has 2 aromatic carbocycles. The third kappa shape index (κ3) is 6.19. The van der Waals surface area contributed by atoms with E-state index < -0.39 is 35.9 Å². The van der Waals surface area contributed by atoms with E-state index in [1.54, 1.807) is 12.1 Å². The summed E-state index contributed by atoms with van der Waals surface area (Å²) in [6.07, 6.45) is 0. The van der Waals surface area contributed by atoms with Gasteiger partial charge in [0.15, 0.2) is 6.61 Å². The average Bonchev–Trinajstić information content (AvgIpc) is 2.76. The van der Waals surface area contributed by atoms with Gasteiger partial charge in [-0.25, -0.2) is 0 Å². The maximum absolute atomic E-state index is 12.0. The molecule has 0 fully saturated rings. The van der Waals surface area contributed by atoms with Crippen molar-refractivity contribution in [1.82, 2.24) is 5.32 Å². The molecule has 0 heterocycles. The van der Waals surface area contributed by atoms with Crippen LogP contribution in [0.4, 0.5) is 11.4 Å². The number of anilines is 1. The van der Waals surface area contributed by atoms with Crippen LogP contribution in [0, 0.1) is 10.1 Å². The fourth-order valence-electron chi connectivity index (χ4n) is 2.28. The van der Waals surface area contributed by atoms with E-state index >= 15 is 0 Å². The van der Waals surface area contributed by atoms with Crippen molar-refractivity contribution in [3.8, 4) is 11.5 Å². The summed E-state index contributed by atoms with van der Waals surface area (Å²) < 4.78 is 14.7. The fraction of sp³-hybridized carbons (Fsp3) is 0.211. The van der Waals surface area contributed by atoms with Crippen LogP contribution in [0.1, 0.15) is 10.4 Å². The first-order valence-corrected chi connectivity index (χ1v) is 8.54. The highest BCUT2D eigenvalue weighted by Gasteiger charge is 2.18. The van der Waals surface area contributed by atoms with Gasteiger partial charge in [0.2, 0.25) is 0 Å². The van der Waals surface area contributed by atoms with E-state index in [0.717, 1.165) is 6.07 Å². The number of ether oxygens (including phenoxy) is 3. The van der Waals surface area contributed by atoms with Crippen LogP contribution >= 0.6 is 0 Å². The summed E-state index contributed by atoms with van der Waals surface area (Å²) in [6, 6.07) is 10.1. The molecule has 0 aromatic heterocycles. The van der Waals surface area contributed by atoms with Gasteiger partial charge in [-0.3, -0.25) is 24.5 Å². The van der Waals surface area contributed by atoms with Crippen LogP contribution in [0.15, 0.2) is 42.5 Å². The van der Waals surface area contributed by atoms with E-state index in [-0.39, 0.29) is 17.1 Å². The third-order valence-corrected chi connectivity index (χ3v) is 3.79. The SMILES string of the molecule is COc1ccc(C(=O)NCC(=O)OCC(=O)Nc2ccc(OC)cc2[N+](=O)[O-])cc1. The number of nitro benzene ring substituents is 1. The summed E-state index contributed by atoms with van der Waals surface area (Å²) in [5.74, 6) is -1.31. The van der Waals surface area contributed by atoms with Crippen LogP contribution in [0.2, 0.25) is 0 Å². The van der Waals surface area contributed by atoms with Crippen LogP contribution in [0.25, 0.3) is 0 Å². The number of hydrogen-bond acceptors (Lipinski definition) is 8. The monoisotopic (exact) mass is 417 g/mol. The van der Waals surface area contributed by atoms with E-state index in [1.165, 1.54) is 38.5 Å². The lowest BCUT2D eigenvalue weighted by atomic mass is 10.2. The van der Waals surface area contributed by atoms with E-state index in [9.17, 15) is 24.5 Å². The van der Waals surface area contributed by atoms with Gasteiger partial charge in [0.25, 0.3) is 17.5 Å². The molecule has 11 heteroatoms. The molecule has 0 radical (unpaired) electrons. The van der Waals surface area contributed by atoms with Crippen LogP contribution in [0.3, 0.4) is 0 Å². The van der Waals surface area contributed by atoms with Crippen LogP contribution in [-0.4, -0.2) is 50.1 Å². The van der Waals surface area contributed by atoms with Gasteiger partial charge < -0.3 is 24.8 Å². The molecule has 0 aliphatic rings. The Morgan fingerprint density at radius 1 is 1.00 bits per heavy atom. The number of esters is 1. The standard InChI is InChI=1S/C19H19N3O8/c1-28-13-5-3-12(4-6-13)19(25)20-10-18(24)30-11-17(23)21-15-8-7-14(29-2)9-16(15)22(26)27/h3-9H,10-11H2,1-2H3,(H,20,25)(H,21,23). The Bertz CT molecular complexity index is 943. The maximum Gasteiger partial charge on any atom is 0.325 e. The molecule has 0 bridgehead atoms. The topological polar surface area (TPSA) is 146 Å². The van der Waals surface area contributed by atoms with E-state index in [2.05, 4.69) is 10.6 Å². The molecule has 30 heavy (non-hydrogen) atoms. The maximum atomic E-state index is 12.0. The number of hydrogen-bond donors (Lipinski definition) is 2. The second kappa shape index (κ2) is 10.4. The van der Waals surface area contributed by atoms with Gasteiger partial charge in [0, 0.05) is 5.56 Å². The fourth-order valence-corrected chi connectivity index (χ4v) is 2.28. The number of benzene rings is 2. The van der Waals surface area contributed by atoms with Crippen molar-refractivity contribution < 1.29 is 33.5 Å². The number of amides is 2. The number of carbonyl (C=O) groups is 3. The number of carbonyl (C=O) groups excluding carboxylic acids is 3. The third-order valence-electron chi connectivity index (χ3n) is 3.79. The van der Waals surface area contributed by atoms with E-state index in [1.807, 2.05) is 0 Å². The summed E-state index contributed by atoms with van der Waals surface area (Å²) in [7, 11) is 2.85. The lowest BCUT2D eigenvalue weighted by molar-refractivity contribution is -0.384. The molecule has 0 saturated carbocycles. The molecule has 158 valence electrons. The number of methoxy groups -OCH3 is 2. The number of nitrogens with zero attached hydrogens (tertiary/aromatic N) is 1. The molecular formula is C19H19N3O8. The van der Waals surface area contributed by atoms with Gasteiger partial charge in [-0.1, -0.05) is 0 Å². The Labute approximate surface area is 171 Å². The van der Waals surface area contributed by atoms with Crippen molar-refractivity contribution in [2.24, 2.45) is 0 Å². The summed E-state index contributed by atoms with van der Waals surface area (Å²) in [5.41, 5.74) is -0.136. The first-order valence-electron chi connectivity index (χ1n) is 8.54. The van der Waals surface area contributed by atoms with Gasteiger partial charge in [-0.05, 0) is 36.4 Å².